The maximum absolute atomic E-state index is 12.5. The summed E-state index contributed by atoms with van der Waals surface area (Å²) in [5.41, 5.74) is 2.81. The van der Waals surface area contributed by atoms with Crippen LogP contribution in [-0.4, -0.2) is 40.5 Å². The number of pyridine rings is 1. The average molecular weight is 517 g/mol. The molecule has 0 spiro atoms. The summed E-state index contributed by atoms with van der Waals surface area (Å²) in [4.78, 5) is 16.4. The highest BCUT2D eigenvalue weighted by Crippen LogP contribution is 2.24. The Labute approximate surface area is 206 Å². The Bertz CT molecular complexity index is 1390. The van der Waals surface area contributed by atoms with Crippen molar-refractivity contribution in [1.29, 1.82) is 0 Å². The standard InChI is InChI=1S/C24H28N4O5S2/c1-18-9-10-19(2)22(17-18)28(34(3,30)31)16-6-8-24(29)26-20-11-13-21(14-12-20)35(32,33)27-23-7-4-5-15-25-23/h4-5,7,9-15,17H,6,8,16H2,1-3H3,(H,25,27)(H,26,29). The van der Waals surface area contributed by atoms with E-state index in [1.807, 2.05) is 32.0 Å². The number of benzene rings is 2. The Kier molecular flexibility index (Phi) is 8.13. The predicted octanol–water partition coefficient (Wildman–Crippen LogP) is 3.68. The molecule has 2 N–H and O–H groups in total. The lowest BCUT2D eigenvalue weighted by atomic mass is 10.1. The Morgan fingerprint density at radius 3 is 2.31 bits per heavy atom. The van der Waals surface area contributed by atoms with Crippen LogP contribution in [0.4, 0.5) is 17.2 Å². The molecule has 0 saturated heterocycles. The van der Waals surface area contributed by atoms with Gasteiger partial charge in [0, 0.05) is 24.8 Å². The molecule has 35 heavy (non-hydrogen) atoms. The molecule has 0 aliphatic rings. The van der Waals surface area contributed by atoms with E-state index >= 15 is 0 Å². The Balaban J connectivity index is 1.59. The molecular formula is C24H28N4O5S2. The molecule has 0 aliphatic heterocycles. The van der Waals surface area contributed by atoms with Crippen molar-refractivity contribution in [2.45, 2.75) is 31.6 Å². The third-order valence-corrected chi connectivity index (χ3v) is 7.70. The first-order valence-corrected chi connectivity index (χ1v) is 14.2. The fourth-order valence-electron chi connectivity index (χ4n) is 3.40. The van der Waals surface area contributed by atoms with Crippen molar-refractivity contribution in [2.75, 3.05) is 27.1 Å². The van der Waals surface area contributed by atoms with Crippen molar-refractivity contribution in [3.8, 4) is 0 Å². The first-order valence-electron chi connectivity index (χ1n) is 10.8. The van der Waals surface area contributed by atoms with Crippen molar-refractivity contribution in [3.63, 3.8) is 0 Å². The molecule has 0 unspecified atom stereocenters. The fraction of sp³-hybridized carbons (Fsp3) is 0.250. The summed E-state index contributed by atoms with van der Waals surface area (Å²) < 4.78 is 53.4. The van der Waals surface area contributed by atoms with E-state index < -0.39 is 20.0 Å². The minimum absolute atomic E-state index is 0.0264. The second-order valence-corrected chi connectivity index (χ2v) is 11.7. The minimum atomic E-state index is -3.82. The van der Waals surface area contributed by atoms with Crippen molar-refractivity contribution >= 4 is 43.1 Å². The number of carbonyl (C=O) groups excluding carboxylic acids is 1. The summed E-state index contributed by atoms with van der Waals surface area (Å²) in [5, 5.41) is 2.71. The van der Waals surface area contributed by atoms with Gasteiger partial charge in [0.1, 0.15) is 5.82 Å². The molecule has 0 radical (unpaired) electrons. The summed E-state index contributed by atoms with van der Waals surface area (Å²) in [5.74, 6) is -0.101. The number of nitrogens with one attached hydrogen (secondary N) is 2. The lowest BCUT2D eigenvalue weighted by molar-refractivity contribution is -0.116. The number of hydrogen-bond acceptors (Lipinski definition) is 6. The first-order chi connectivity index (χ1) is 16.5. The topological polar surface area (TPSA) is 126 Å². The molecule has 1 amide bonds. The molecule has 0 fully saturated rings. The molecule has 11 heteroatoms. The Hall–Kier alpha value is -3.44. The number of hydrogen-bond donors (Lipinski definition) is 2. The average Bonchev–Trinajstić information content (AvgIpc) is 2.78. The van der Waals surface area contributed by atoms with Gasteiger partial charge in [0.25, 0.3) is 10.0 Å². The molecular weight excluding hydrogens is 488 g/mol. The van der Waals surface area contributed by atoms with E-state index in [-0.39, 0.29) is 29.6 Å². The SMILES string of the molecule is Cc1ccc(C)c(N(CCCC(=O)Nc2ccc(S(=O)(=O)Nc3ccccn3)cc2)S(C)(=O)=O)c1. The van der Waals surface area contributed by atoms with E-state index in [2.05, 4.69) is 15.0 Å². The van der Waals surface area contributed by atoms with Gasteiger partial charge in [-0.1, -0.05) is 18.2 Å². The van der Waals surface area contributed by atoms with E-state index in [4.69, 9.17) is 0 Å². The van der Waals surface area contributed by atoms with Gasteiger partial charge in [0.2, 0.25) is 15.9 Å². The highest BCUT2D eigenvalue weighted by atomic mass is 32.2. The van der Waals surface area contributed by atoms with Crippen LogP contribution in [0.3, 0.4) is 0 Å². The van der Waals surface area contributed by atoms with Crippen molar-refractivity contribution < 1.29 is 21.6 Å². The van der Waals surface area contributed by atoms with Gasteiger partial charge < -0.3 is 5.32 Å². The number of amides is 1. The van der Waals surface area contributed by atoms with Crippen LogP contribution >= 0.6 is 0 Å². The Morgan fingerprint density at radius 2 is 1.69 bits per heavy atom. The normalized spacial score (nSPS) is 11.6. The molecule has 186 valence electrons. The number of nitrogens with zero attached hydrogens (tertiary/aromatic N) is 2. The number of aryl methyl sites for hydroxylation is 2. The molecule has 1 aromatic heterocycles. The smallest absolute Gasteiger partial charge is 0.263 e. The van der Waals surface area contributed by atoms with Gasteiger partial charge >= 0.3 is 0 Å². The largest absolute Gasteiger partial charge is 0.326 e. The van der Waals surface area contributed by atoms with Crippen LogP contribution in [0.25, 0.3) is 0 Å². The van der Waals surface area contributed by atoms with Crippen LogP contribution < -0.4 is 14.3 Å². The maximum atomic E-state index is 12.5. The number of anilines is 3. The second-order valence-electron chi connectivity index (χ2n) is 8.12. The quantitative estimate of drug-likeness (QED) is 0.423. The monoisotopic (exact) mass is 516 g/mol. The maximum Gasteiger partial charge on any atom is 0.263 e. The molecule has 9 nitrogen and oxygen atoms in total. The third-order valence-electron chi connectivity index (χ3n) is 5.15. The molecule has 0 saturated carbocycles. The van der Waals surface area contributed by atoms with Gasteiger partial charge in [-0.15, -0.1) is 0 Å². The van der Waals surface area contributed by atoms with Gasteiger partial charge in [-0.25, -0.2) is 21.8 Å². The lowest BCUT2D eigenvalue weighted by Crippen LogP contribution is -2.32. The van der Waals surface area contributed by atoms with Crippen molar-refractivity contribution in [3.05, 3.63) is 78.0 Å². The van der Waals surface area contributed by atoms with Gasteiger partial charge in [-0.05, 0) is 73.9 Å². The van der Waals surface area contributed by atoms with Crippen LogP contribution in [0.15, 0.2) is 71.8 Å². The molecule has 0 atom stereocenters. The van der Waals surface area contributed by atoms with E-state index in [0.717, 1.165) is 17.4 Å². The molecule has 0 bridgehead atoms. The van der Waals surface area contributed by atoms with Gasteiger partial charge in [0.05, 0.1) is 16.8 Å². The van der Waals surface area contributed by atoms with Gasteiger partial charge in [0.15, 0.2) is 0 Å². The highest BCUT2D eigenvalue weighted by Gasteiger charge is 2.20. The van der Waals surface area contributed by atoms with E-state index in [0.29, 0.717) is 17.8 Å². The minimum Gasteiger partial charge on any atom is -0.326 e. The zero-order valence-corrected chi connectivity index (χ0v) is 21.4. The lowest BCUT2D eigenvalue weighted by Gasteiger charge is -2.24. The summed E-state index contributed by atoms with van der Waals surface area (Å²) in [6.45, 7) is 3.89. The zero-order valence-electron chi connectivity index (χ0n) is 19.7. The van der Waals surface area contributed by atoms with Crippen LogP contribution in [0.5, 0.6) is 0 Å². The molecule has 0 aliphatic carbocycles. The van der Waals surface area contributed by atoms with Crippen LogP contribution in [0.2, 0.25) is 0 Å². The molecule has 3 aromatic rings. The van der Waals surface area contributed by atoms with E-state index in [1.165, 1.54) is 40.8 Å². The zero-order chi connectivity index (χ0) is 25.6. The molecule has 2 aromatic carbocycles. The van der Waals surface area contributed by atoms with Crippen LogP contribution in [0.1, 0.15) is 24.0 Å². The first kappa shape index (κ1) is 26.2. The summed E-state index contributed by atoms with van der Waals surface area (Å²) in [7, 11) is -7.34. The van der Waals surface area contributed by atoms with Gasteiger partial charge in [-0.3, -0.25) is 13.8 Å². The van der Waals surface area contributed by atoms with Crippen LogP contribution in [0, 0.1) is 13.8 Å². The highest BCUT2D eigenvalue weighted by molar-refractivity contribution is 7.92. The second kappa shape index (κ2) is 10.9. The molecule has 3 rings (SSSR count). The Morgan fingerprint density at radius 1 is 0.971 bits per heavy atom. The number of carbonyl (C=O) groups is 1. The molecule has 1 heterocycles. The van der Waals surface area contributed by atoms with E-state index in [1.54, 1.807) is 12.1 Å². The summed E-state index contributed by atoms with van der Waals surface area (Å²) >= 11 is 0. The fourth-order valence-corrected chi connectivity index (χ4v) is 5.42. The number of rotatable bonds is 10. The van der Waals surface area contributed by atoms with Crippen molar-refractivity contribution in [1.82, 2.24) is 4.98 Å². The summed E-state index contributed by atoms with van der Waals surface area (Å²) in [6.07, 6.45) is 3.03. The third kappa shape index (κ3) is 7.27. The summed E-state index contributed by atoms with van der Waals surface area (Å²) in [6, 6.07) is 16.2. The van der Waals surface area contributed by atoms with Gasteiger partial charge in [-0.2, -0.15) is 0 Å². The van der Waals surface area contributed by atoms with E-state index in [9.17, 15) is 21.6 Å². The predicted molar refractivity (Wildman–Crippen MR) is 137 cm³/mol. The van der Waals surface area contributed by atoms with Crippen LogP contribution in [-0.2, 0) is 24.8 Å². The number of aromatic nitrogens is 1. The van der Waals surface area contributed by atoms with Crippen molar-refractivity contribution in [2.24, 2.45) is 0 Å². The number of sulfonamides is 2.